The number of rotatable bonds is 4. The van der Waals surface area contributed by atoms with Crippen molar-refractivity contribution in [3.8, 4) is 0 Å². The van der Waals surface area contributed by atoms with Crippen LogP contribution in [0.4, 0.5) is 11.4 Å². The quantitative estimate of drug-likeness (QED) is 0.608. The van der Waals surface area contributed by atoms with Crippen LogP contribution in [0.25, 0.3) is 0 Å². The highest BCUT2D eigenvalue weighted by molar-refractivity contribution is 6.25. The zero-order valence-corrected chi connectivity index (χ0v) is 17.3. The molecule has 0 aromatic heterocycles. The van der Waals surface area contributed by atoms with Crippen molar-refractivity contribution in [2.45, 2.75) is 19.8 Å². The first kappa shape index (κ1) is 18.6. The number of para-hydroxylation sites is 2. The number of hydrogen-bond donors (Lipinski definition) is 1. The van der Waals surface area contributed by atoms with Crippen LogP contribution in [-0.2, 0) is 16.0 Å². The van der Waals surface area contributed by atoms with Gasteiger partial charge in [-0.15, -0.1) is 0 Å². The van der Waals surface area contributed by atoms with Gasteiger partial charge >= 0.3 is 0 Å². The van der Waals surface area contributed by atoms with Crippen molar-refractivity contribution in [3.05, 3.63) is 71.8 Å². The Morgan fingerprint density at radius 2 is 1.55 bits per heavy atom. The molecule has 5 aliphatic rings. The van der Waals surface area contributed by atoms with Crippen LogP contribution < -0.4 is 10.2 Å². The third kappa shape index (κ3) is 2.59. The fourth-order valence-electron chi connectivity index (χ4n) is 6.20. The predicted octanol–water partition coefficient (Wildman–Crippen LogP) is 4.06. The van der Waals surface area contributed by atoms with Gasteiger partial charge in [0.1, 0.15) is 0 Å². The lowest BCUT2D eigenvalue weighted by Gasteiger charge is -2.37. The topological polar surface area (TPSA) is 66.5 Å². The average Bonchev–Trinajstić information content (AvgIpc) is 3.57. The molecule has 31 heavy (non-hydrogen) atoms. The summed E-state index contributed by atoms with van der Waals surface area (Å²) in [7, 11) is 0. The van der Waals surface area contributed by atoms with Gasteiger partial charge in [-0.3, -0.25) is 14.4 Å². The molecule has 3 fully saturated rings. The number of carbonyl (C=O) groups excluding carboxylic acids is 3. The van der Waals surface area contributed by atoms with E-state index in [0.29, 0.717) is 23.1 Å². The number of benzene rings is 2. The van der Waals surface area contributed by atoms with Crippen LogP contribution in [0.15, 0.2) is 60.7 Å². The van der Waals surface area contributed by atoms with Gasteiger partial charge in [-0.1, -0.05) is 49.4 Å². The molecule has 5 heteroatoms. The zero-order chi connectivity index (χ0) is 21.3. The first-order chi connectivity index (χ1) is 15.1. The summed E-state index contributed by atoms with van der Waals surface area (Å²) in [6.45, 7) is 2.04. The number of anilines is 2. The zero-order valence-electron chi connectivity index (χ0n) is 17.3. The van der Waals surface area contributed by atoms with Crippen molar-refractivity contribution < 1.29 is 14.4 Å². The summed E-state index contributed by atoms with van der Waals surface area (Å²) in [4.78, 5) is 41.5. The Bertz CT molecular complexity index is 1120. The van der Waals surface area contributed by atoms with Crippen molar-refractivity contribution in [2.24, 2.45) is 35.5 Å². The van der Waals surface area contributed by atoms with E-state index in [1.807, 2.05) is 31.2 Å². The van der Waals surface area contributed by atoms with Gasteiger partial charge in [0.2, 0.25) is 11.8 Å². The highest BCUT2D eigenvalue weighted by atomic mass is 16.2. The molecule has 0 spiro atoms. The maximum atomic E-state index is 13.5. The second-order valence-electron chi connectivity index (χ2n) is 9.15. The molecule has 1 heterocycles. The Morgan fingerprint density at radius 1 is 0.935 bits per heavy atom. The number of imide groups is 1. The Morgan fingerprint density at radius 3 is 2.23 bits per heavy atom. The largest absolute Gasteiger partial charge is 0.322 e. The molecule has 2 aromatic carbocycles. The van der Waals surface area contributed by atoms with Gasteiger partial charge in [0, 0.05) is 5.69 Å². The molecule has 1 saturated heterocycles. The van der Waals surface area contributed by atoms with E-state index < -0.39 is 0 Å². The molecule has 5 nitrogen and oxygen atoms in total. The summed E-state index contributed by atoms with van der Waals surface area (Å²) < 4.78 is 0. The van der Waals surface area contributed by atoms with Gasteiger partial charge in [0.15, 0.2) is 0 Å². The normalized spacial score (nSPS) is 32.1. The number of carbonyl (C=O) groups is 3. The van der Waals surface area contributed by atoms with Crippen molar-refractivity contribution in [1.82, 2.24) is 0 Å². The minimum absolute atomic E-state index is 0.145. The number of hydrogen-bond acceptors (Lipinski definition) is 3. The smallest absolute Gasteiger partial charge is 0.257 e. The Hall–Kier alpha value is -3.21. The Labute approximate surface area is 181 Å². The average molecular weight is 412 g/mol. The molecule has 2 aromatic rings. The first-order valence-corrected chi connectivity index (χ1v) is 11.1. The fraction of sp³-hybridized carbons (Fsp3) is 0.346. The molecule has 1 N–H and O–H groups in total. The van der Waals surface area contributed by atoms with E-state index in [0.717, 1.165) is 24.1 Å². The second kappa shape index (κ2) is 6.64. The maximum absolute atomic E-state index is 13.5. The van der Waals surface area contributed by atoms with Crippen LogP contribution in [-0.4, -0.2) is 17.7 Å². The van der Waals surface area contributed by atoms with Gasteiger partial charge in [0.05, 0.1) is 23.1 Å². The predicted molar refractivity (Wildman–Crippen MR) is 117 cm³/mol. The Balaban J connectivity index is 1.35. The Kier molecular flexibility index (Phi) is 3.98. The monoisotopic (exact) mass is 412 g/mol. The number of nitrogens with zero attached hydrogens (tertiary/aromatic N) is 1. The van der Waals surface area contributed by atoms with Gasteiger partial charge in [-0.2, -0.15) is 0 Å². The first-order valence-electron chi connectivity index (χ1n) is 11.1. The lowest BCUT2D eigenvalue weighted by molar-refractivity contribution is -0.124. The van der Waals surface area contributed by atoms with Crippen LogP contribution in [0.3, 0.4) is 0 Å². The van der Waals surface area contributed by atoms with Crippen molar-refractivity contribution in [1.29, 1.82) is 0 Å². The molecule has 2 saturated carbocycles. The van der Waals surface area contributed by atoms with Crippen LogP contribution in [0.5, 0.6) is 0 Å². The summed E-state index contributed by atoms with van der Waals surface area (Å²) in [5, 5.41) is 2.98. The van der Waals surface area contributed by atoms with E-state index in [-0.39, 0.29) is 41.4 Å². The third-order valence-electron chi connectivity index (χ3n) is 7.70. The van der Waals surface area contributed by atoms with E-state index in [1.54, 1.807) is 24.3 Å². The molecule has 0 unspecified atom stereocenters. The fourth-order valence-corrected chi connectivity index (χ4v) is 6.20. The van der Waals surface area contributed by atoms with E-state index >= 15 is 0 Å². The van der Waals surface area contributed by atoms with Crippen molar-refractivity contribution >= 4 is 29.1 Å². The summed E-state index contributed by atoms with van der Waals surface area (Å²) in [5.74, 6) is 0.289. The van der Waals surface area contributed by atoms with Gasteiger partial charge in [-0.25, -0.2) is 4.90 Å². The number of allylic oxidation sites excluding steroid dienone is 2. The van der Waals surface area contributed by atoms with E-state index in [2.05, 4.69) is 17.5 Å². The molecule has 3 amide bonds. The highest BCUT2D eigenvalue weighted by Crippen LogP contribution is 2.65. The minimum atomic E-state index is -0.309. The molecule has 6 atom stereocenters. The van der Waals surface area contributed by atoms with Crippen LogP contribution in [0.1, 0.15) is 29.3 Å². The molecular weight excluding hydrogens is 388 g/mol. The van der Waals surface area contributed by atoms with Crippen LogP contribution in [0.2, 0.25) is 0 Å². The number of aryl methyl sites for hydroxylation is 1. The number of nitrogens with one attached hydrogen (secondary N) is 1. The lowest BCUT2D eigenvalue weighted by atomic mass is 9.63. The molecule has 156 valence electrons. The molecule has 0 radical (unpaired) electrons. The molecule has 4 aliphatic carbocycles. The standard InChI is InChI=1S/C26H24N2O3/c1-2-14-7-3-5-9-20(14)27-24(29)17-8-4-6-10-21(17)28-25(30)22-15-11-12-16(19-13-18(15)19)23(22)26(28)31/h3-12,15-16,18-19,22-23H,2,13H2,1H3,(H,27,29)/t15-,16-,18-,19+,22+,23+/m0/s1. The maximum Gasteiger partial charge on any atom is 0.257 e. The van der Waals surface area contributed by atoms with Crippen molar-refractivity contribution in [3.63, 3.8) is 0 Å². The number of amides is 3. The second-order valence-corrected chi connectivity index (χ2v) is 9.15. The summed E-state index contributed by atoms with van der Waals surface area (Å²) in [6, 6.07) is 14.6. The van der Waals surface area contributed by atoms with Crippen molar-refractivity contribution in [2.75, 3.05) is 10.2 Å². The highest BCUT2D eigenvalue weighted by Gasteiger charge is 2.67. The summed E-state index contributed by atoms with van der Waals surface area (Å²) >= 11 is 0. The van der Waals surface area contributed by atoms with E-state index in [9.17, 15) is 14.4 Å². The van der Waals surface area contributed by atoms with Crippen LogP contribution in [0, 0.1) is 35.5 Å². The molecule has 7 rings (SSSR count). The van der Waals surface area contributed by atoms with Gasteiger partial charge in [-0.05, 0) is 60.3 Å². The van der Waals surface area contributed by atoms with E-state index in [1.165, 1.54) is 4.90 Å². The SMILES string of the molecule is CCc1ccccc1NC(=O)c1ccccc1N1C(=O)[C@@H]2[C@H]3C=C[C@@H]([C@@H]4C[C@H]34)[C@H]2C1=O. The van der Waals surface area contributed by atoms with Gasteiger partial charge < -0.3 is 5.32 Å². The van der Waals surface area contributed by atoms with Crippen LogP contribution >= 0.6 is 0 Å². The molecule has 2 bridgehead atoms. The molecule has 1 aliphatic heterocycles. The summed E-state index contributed by atoms with van der Waals surface area (Å²) in [6.07, 6.45) is 6.25. The molecular formula is C26H24N2O3. The lowest BCUT2D eigenvalue weighted by Crippen LogP contribution is -2.40. The third-order valence-corrected chi connectivity index (χ3v) is 7.70. The van der Waals surface area contributed by atoms with Gasteiger partial charge in [0.25, 0.3) is 5.91 Å². The van der Waals surface area contributed by atoms with E-state index in [4.69, 9.17) is 0 Å². The minimum Gasteiger partial charge on any atom is -0.322 e. The summed E-state index contributed by atoms with van der Waals surface area (Å²) in [5.41, 5.74) is 2.53.